The Kier molecular flexibility index (Phi) is 3.53. The molecule has 2 aliphatic rings. The fourth-order valence-corrected chi connectivity index (χ4v) is 3.49. The lowest BCUT2D eigenvalue weighted by atomic mass is 10.1. The molecule has 0 aromatic carbocycles. The van der Waals surface area contributed by atoms with Crippen LogP contribution in [0.4, 0.5) is 0 Å². The highest BCUT2D eigenvalue weighted by Crippen LogP contribution is 2.43. The molecule has 124 valence electrons. The van der Waals surface area contributed by atoms with Gasteiger partial charge in [0.05, 0.1) is 12.9 Å². The first-order valence-corrected chi connectivity index (χ1v) is 7.83. The van der Waals surface area contributed by atoms with Crippen LogP contribution >= 0.6 is 23.2 Å². The van der Waals surface area contributed by atoms with Gasteiger partial charge < -0.3 is 19.3 Å². The SMILES string of the molecule is CC1(C)O[C@@H]2[C@@H](O1)[C@H](n1cnc3c(Cl)nc(Cl)nc31)O[C@H]2CO. The van der Waals surface area contributed by atoms with Gasteiger partial charge in [-0.15, -0.1) is 0 Å². The van der Waals surface area contributed by atoms with Crippen LogP contribution < -0.4 is 0 Å². The smallest absolute Gasteiger partial charge is 0.225 e. The summed E-state index contributed by atoms with van der Waals surface area (Å²) in [6, 6.07) is 0. The molecule has 4 rings (SSSR count). The van der Waals surface area contributed by atoms with Crippen LogP contribution in [-0.2, 0) is 14.2 Å². The Morgan fingerprint density at radius 2 is 2.00 bits per heavy atom. The maximum atomic E-state index is 9.55. The van der Waals surface area contributed by atoms with Gasteiger partial charge in [0.15, 0.2) is 22.8 Å². The number of fused-ring (bicyclic) bond motifs is 2. The summed E-state index contributed by atoms with van der Waals surface area (Å²) in [7, 11) is 0. The van der Waals surface area contributed by atoms with Gasteiger partial charge in [-0.25, -0.2) is 9.97 Å². The van der Waals surface area contributed by atoms with Crippen molar-refractivity contribution in [2.75, 3.05) is 6.61 Å². The van der Waals surface area contributed by atoms with Crippen LogP contribution in [0.1, 0.15) is 20.1 Å². The predicted octanol–water partition coefficient (Wildman–Crippen LogP) is 1.54. The summed E-state index contributed by atoms with van der Waals surface area (Å²) in [5, 5.41) is 9.72. The van der Waals surface area contributed by atoms with Crippen LogP contribution in [0.15, 0.2) is 6.33 Å². The monoisotopic (exact) mass is 360 g/mol. The standard InChI is InChI=1S/C13H14Cl2N4O4/c1-13(2)22-7-5(3-20)21-11(8(7)23-13)19-4-16-6-9(14)17-12(15)18-10(6)19/h4-5,7-8,11,20H,3H2,1-2H3/t5-,7-,8+,11+/m0/s1. The molecule has 2 fully saturated rings. The van der Waals surface area contributed by atoms with Gasteiger partial charge in [0.2, 0.25) is 5.28 Å². The summed E-state index contributed by atoms with van der Waals surface area (Å²) >= 11 is 11.9. The number of aliphatic hydroxyl groups excluding tert-OH is 1. The van der Waals surface area contributed by atoms with E-state index in [0.717, 1.165) is 0 Å². The number of imidazole rings is 1. The molecule has 2 aromatic heterocycles. The number of nitrogens with zero attached hydrogens (tertiary/aromatic N) is 4. The molecule has 23 heavy (non-hydrogen) atoms. The minimum absolute atomic E-state index is 0.0152. The zero-order valence-corrected chi connectivity index (χ0v) is 13.8. The van der Waals surface area contributed by atoms with Gasteiger partial charge in [0.25, 0.3) is 0 Å². The van der Waals surface area contributed by atoms with Crippen LogP contribution in [0, 0.1) is 0 Å². The average molecular weight is 361 g/mol. The Balaban J connectivity index is 1.79. The second kappa shape index (κ2) is 5.23. The van der Waals surface area contributed by atoms with E-state index in [4.69, 9.17) is 37.4 Å². The Bertz CT molecular complexity index is 768. The number of hydrogen-bond acceptors (Lipinski definition) is 7. The first-order valence-electron chi connectivity index (χ1n) is 7.07. The van der Waals surface area contributed by atoms with E-state index in [2.05, 4.69) is 15.0 Å². The molecule has 0 radical (unpaired) electrons. The second-order valence-electron chi connectivity index (χ2n) is 5.92. The quantitative estimate of drug-likeness (QED) is 0.641. The van der Waals surface area contributed by atoms with Crippen LogP contribution in [0.3, 0.4) is 0 Å². The average Bonchev–Trinajstić information content (AvgIpc) is 3.09. The van der Waals surface area contributed by atoms with Gasteiger partial charge in [-0.3, -0.25) is 4.57 Å². The van der Waals surface area contributed by atoms with E-state index in [1.165, 1.54) is 6.33 Å². The summed E-state index contributed by atoms with van der Waals surface area (Å²) in [5.74, 6) is -0.758. The molecule has 2 saturated heterocycles. The van der Waals surface area contributed by atoms with Gasteiger partial charge >= 0.3 is 0 Å². The summed E-state index contributed by atoms with van der Waals surface area (Å²) < 4.78 is 19.3. The van der Waals surface area contributed by atoms with Gasteiger partial charge in [-0.05, 0) is 25.4 Å². The number of rotatable bonds is 2. The normalized spacial score (nSPS) is 32.6. The van der Waals surface area contributed by atoms with Crippen molar-refractivity contribution in [3.05, 3.63) is 16.8 Å². The maximum absolute atomic E-state index is 9.55. The molecule has 1 N–H and O–H groups in total. The Morgan fingerprint density at radius 1 is 1.26 bits per heavy atom. The number of ether oxygens (including phenoxy) is 3. The predicted molar refractivity (Wildman–Crippen MR) is 80.2 cm³/mol. The summed E-state index contributed by atoms with van der Waals surface area (Å²) in [4.78, 5) is 12.3. The summed E-state index contributed by atoms with van der Waals surface area (Å²) in [6.07, 6.45) is -0.321. The van der Waals surface area contributed by atoms with Crippen LogP contribution in [-0.4, -0.2) is 55.3 Å². The fraction of sp³-hybridized carbons (Fsp3) is 0.615. The maximum Gasteiger partial charge on any atom is 0.225 e. The Morgan fingerprint density at radius 3 is 2.74 bits per heavy atom. The molecule has 10 heteroatoms. The lowest BCUT2D eigenvalue weighted by Gasteiger charge is -2.24. The third kappa shape index (κ3) is 2.41. The third-order valence-corrected chi connectivity index (χ3v) is 4.36. The summed E-state index contributed by atoms with van der Waals surface area (Å²) in [6.45, 7) is 3.46. The van der Waals surface area contributed by atoms with Crippen molar-refractivity contribution in [2.24, 2.45) is 0 Å². The molecule has 2 aromatic rings. The number of aromatic nitrogens is 4. The number of aliphatic hydroxyl groups is 1. The van der Waals surface area contributed by atoms with Crippen molar-refractivity contribution in [1.29, 1.82) is 0 Å². The Hall–Kier alpha value is -1.03. The van der Waals surface area contributed by atoms with Crippen molar-refractivity contribution >= 4 is 34.4 Å². The van der Waals surface area contributed by atoms with E-state index in [0.29, 0.717) is 11.2 Å². The van der Waals surface area contributed by atoms with E-state index >= 15 is 0 Å². The molecule has 0 saturated carbocycles. The first kappa shape index (κ1) is 15.5. The van der Waals surface area contributed by atoms with Crippen molar-refractivity contribution in [3.8, 4) is 0 Å². The topological polar surface area (TPSA) is 91.5 Å². The highest BCUT2D eigenvalue weighted by molar-refractivity contribution is 6.35. The lowest BCUT2D eigenvalue weighted by Crippen LogP contribution is -2.31. The fourth-order valence-electron chi connectivity index (χ4n) is 3.07. The van der Waals surface area contributed by atoms with Crippen LogP contribution in [0.5, 0.6) is 0 Å². The molecule has 8 nitrogen and oxygen atoms in total. The minimum atomic E-state index is -0.758. The zero-order valence-electron chi connectivity index (χ0n) is 12.3. The van der Waals surface area contributed by atoms with Gasteiger partial charge in [-0.1, -0.05) is 11.6 Å². The van der Waals surface area contributed by atoms with Crippen molar-refractivity contribution in [3.63, 3.8) is 0 Å². The first-order chi connectivity index (χ1) is 10.9. The van der Waals surface area contributed by atoms with E-state index in [-0.39, 0.29) is 23.1 Å². The highest BCUT2D eigenvalue weighted by Gasteiger charge is 2.55. The summed E-state index contributed by atoms with van der Waals surface area (Å²) in [5.41, 5.74) is 0.854. The lowest BCUT2D eigenvalue weighted by molar-refractivity contribution is -0.199. The van der Waals surface area contributed by atoms with Gasteiger partial charge in [0.1, 0.15) is 23.8 Å². The van der Waals surface area contributed by atoms with E-state index in [1.807, 2.05) is 13.8 Å². The molecular formula is C13H14Cl2N4O4. The zero-order chi connectivity index (χ0) is 16.4. The molecule has 4 atom stereocenters. The number of halogens is 2. The van der Waals surface area contributed by atoms with E-state index < -0.39 is 24.2 Å². The second-order valence-corrected chi connectivity index (χ2v) is 6.62. The van der Waals surface area contributed by atoms with E-state index in [1.54, 1.807) is 4.57 Å². The highest BCUT2D eigenvalue weighted by atomic mass is 35.5. The minimum Gasteiger partial charge on any atom is -0.394 e. The number of hydrogen-bond donors (Lipinski definition) is 1. The Labute approximate surface area is 141 Å². The van der Waals surface area contributed by atoms with Gasteiger partial charge in [-0.2, -0.15) is 4.98 Å². The van der Waals surface area contributed by atoms with Crippen molar-refractivity contribution < 1.29 is 19.3 Å². The van der Waals surface area contributed by atoms with Crippen LogP contribution in [0.25, 0.3) is 11.2 Å². The third-order valence-electron chi connectivity index (χ3n) is 3.93. The molecule has 0 unspecified atom stereocenters. The molecule has 2 aliphatic heterocycles. The van der Waals surface area contributed by atoms with Crippen molar-refractivity contribution in [2.45, 2.75) is 44.2 Å². The largest absolute Gasteiger partial charge is 0.394 e. The molecule has 0 spiro atoms. The molecule has 4 heterocycles. The molecular weight excluding hydrogens is 347 g/mol. The van der Waals surface area contributed by atoms with Crippen molar-refractivity contribution in [1.82, 2.24) is 19.5 Å². The molecule has 0 bridgehead atoms. The molecule has 0 amide bonds. The molecule has 0 aliphatic carbocycles. The van der Waals surface area contributed by atoms with Crippen LogP contribution in [0.2, 0.25) is 10.4 Å². The van der Waals surface area contributed by atoms with E-state index in [9.17, 15) is 5.11 Å². The van der Waals surface area contributed by atoms with Gasteiger partial charge in [0, 0.05) is 0 Å².